The van der Waals surface area contributed by atoms with Gasteiger partial charge in [-0.05, 0) is 81.9 Å². The van der Waals surface area contributed by atoms with Gasteiger partial charge in [0, 0.05) is 12.7 Å². The monoisotopic (exact) mass is 468 g/mol. The molecule has 4 aliphatic carbocycles. The highest BCUT2D eigenvalue weighted by Gasteiger charge is 2.61. The number of anilines is 1. The van der Waals surface area contributed by atoms with Crippen molar-refractivity contribution in [1.29, 1.82) is 0 Å². The highest BCUT2D eigenvalue weighted by Crippen LogP contribution is 2.60. The van der Waals surface area contributed by atoms with E-state index < -0.39 is 34.7 Å². The maximum absolute atomic E-state index is 14.0. The molecule has 180 valence electrons. The average molecular weight is 469 g/mol. The number of amides is 2. The molecule has 2 heterocycles. The molecule has 8 nitrogen and oxygen atoms in total. The van der Waals surface area contributed by atoms with Gasteiger partial charge in [-0.1, -0.05) is 0 Å². The number of aromatic nitrogens is 2. The molecular formula is C25H29FN4O4. The minimum Gasteiger partial charge on any atom is -0.390 e. The van der Waals surface area contributed by atoms with E-state index in [9.17, 15) is 23.9 Å². The van der Waals surface area contributed by atoms with Crippen LogP contribution in [0.5, 0.6) is 0 Å². The average Bonchev–Trinajstić information content (AvgIpc) is 2.95. The molecule has 0 radical (unpaired) electrons. The lowest BCUT2D eigenvalue weighted by molar-refractivity contribution is -0.141. The van der Waals surface area contributed by atoms with Gasteiger partial charge < -0.3 is 15.4 Å². The first kappa shape index (κ1) is 22.7. The summed E-state index contributed by atoms with van der Waals surface area (Å²) < 4.78 is 15.2. The fourth-order valence-electron chi connectivity index (χ4n) is 7.40. The second-order valence-electron chi connectivity index (χ2n) is 10.6. The first-order chi connectivity index (χ1) is 15.9. The number of primary amides is 1. The van der Waals surface area contributed by atoms with Crippen LogP contribution in [0, 0.1) is 31.6 Å². The van der Waals surface area contributed by atoms with Gasteiger partial charge >= 0.3 is 5.91 Å². The Morgan fingerprint density at radius 2 is 1.82 bits per heavy atom. The smallest absolute Gasteiger partial charge is 0.301 e. The van der Waals surface area contributed by atoms with Gasteiger partial charge in [-0.25, -0.2) is 4.98 Å². The number of hydrogen-bond donors (Lipinski definition) is 2. The van der Waals surface area contributed by atoms with E-state index in [1.165, 1.54) is 27.8 Å². The molecule has 9 heteroatoms. The van der Waals surface area contributed by atoms with Crippen LogP contribution in [-0.2, 0) is 11.8 Å². The summed E-state index contributed by atoms with van der Waals surface area (Å²) in [6.07, 6.45) is 5.35. The largest absolute Gasteiger partial charge is 0.390 e. The van der Waals surface area contributed by atoms with E-state index in [-0.39, 0.29) is 23.1 Å². The third-order valence-electron chi connectivity index (χ3n) is 8.23. The predicted molar refractivity (Wildman–Crippen MR) is 122 cm³/mol. The van der Waals surface area contributed by atoms with Gasteiger partial charge in [-0.15, -0.1) is 0 Å². The molecule has 4 fully saturated rings. The highest BCUT2D eigenvalue weighted by atomic mass is 19.1. The lowest BCUT2D eigenvalue weighted by Crippen LogP contribution is -2.67. The third-order valence-corrected chi connectivity index (χ3v) is 8.23. The minimum absolute atomic E-state index is 0.0970. The van der Waals surface area contributed by atoms with Crippen molar-refractivity contribution in [2.75, 3.05) is 4.90 Å². The van der Waals surface area contributed by atoms with Gasteiger partial charge in [0.25, 0.3) is 11.7 Å². The van der Waals surface area contributed by atoms with Crippen molar-refractivity contribution < 1.29 is 23.9 Å². The van der Waals surface area contributed by atoms with Crippen molar-refractivity contribution in [3.63, 3.8) is 0 Å². The van der Waals surface area contributed by atoms with Crippen molar-refractivity contribution >= 4 is 23.3 Å². The molecular weight excluding hydrogens is 439 g/mol. The number of hydrogen-bond acceptors (Lipinski definition) is 5. The maximum atomic E-state index is 14.0. The van der Waals surface area contributed by atoms with Crippen LogP contribution in [0.2, 0.25) is 0 Å². The molecule has 2 aromatic rings. The fourth-order valence-corrected chi connectivity index (χ4v) is 7.40. The Balaban J connectivity index is 1.62. The molecule has 0 aliphatic heterocycles. The molecule has 2 aromatic heterocycles. The molecule has 0 saturated heterocycles. The summed E-state index contributed by atoms with van der Waals surface area (Å²) in [4.78, 5) is 44.9. The van der Waals surface area contributed by atoms with Gasteiger partial charge in [-0.2, -0.15) is 4.39 Å². The van der Waals surface area contributed by atoms with Crippen LogP contribution < -0.4 is 10.6 Å². The number of Topliss-reactive ketones (excluding diaryl/α,β-unsaturated/α-hetero) is 1. The van der Waals surface area contributed by atoms with E-state index in [0.717, 1.165) is 6.42 Å². The molecule has 34 heavy (non-hydrogen) atoms. The van der Waals surface area contributed by atoms with Crippen LogP contribution >= 0.6 is 0 Å². The quantitative estimate of drug-likeness (QED) is 0.397. The second-order valence-corrected chi connectivity index (χ2v) is 10.6. The number of ketones is 1. The SMILES string of the molecule is Cc1c(C(N)=O)c(C)n(C)c1C(=O)C(=O)N(c1ccc(F)nc1)C12CC3CC(CC(O)(C3)C1)C2. The van der Waals surface area contributed by atoms with Gasteiger partial charge in [0.1, 0.15) is 0 Å². The van der Waals surface area contributed by atoms with E-state index in [2.05, 4.69) is 4.98 Å². The van der Waals surface area contributed by atoms with Crippen molar-refractivity contribution in [3.05, 3.63) is 46.8 Å². The topological polar surface area (TPSA) is 119 Å². The number of carbonyl (C=O) groups excluding carboxylic acids is 3. The second kappa shape index (κ2) is 7.46. The Morgan fingerprint density at radius 3 is 2.32 bits per heavy atom. The summed E-state index contributed by atoms with van der Waals surface area (Å²) in [5, 5.41) is 11.3. The van der Waals surface area contributed by atoms with Crippen molar-refractivity contribution in [2.24, 2.45) is 24.6 Å². The molecule has 2 amide bonds. The van der Waals surface area contributed by atoms with Crippen molar-refractivity contribution in [3.8, 4) is 0 Å². The molecule has 4 saturated carbocycles. The standard InChI is InChI=1S/C25H29FN4O4/c1-13-19(22(27)32)14(2)29(3)20(13)21(31)23(33)30(17-4-5-18(26)28-11-17)24-7-15-6-16(8-24)10-25(34,9-15)12-24/h4-5,11,15-16,34H,6-10,12H2,1-3H3,(H2,27,32). The van der Waals surface area contributed by atoms with Crippen LogP contribution in [0.1, 0.15) is 70.6 Å². The predicted octanol–water partition coefficient (Wildman–Crippen LogP) is 2.57. The van der Waals surface area contributed by atoms with E-state index in [0.29, 0.717) is 49.0 Å². The number of carbonyl (C=O) groups is 3. The summed E-state index contributed by atoms with van der Waals surface area (Å²) in [6.45, 7) is 3.27. The zero-order valence-electron chi connectivity index (χ0n) is 19.6. The molecule has 4 bridgehead atoms. The first-order valence-corrected chi connectivity index (χ1v) is 11.6. The Hall–Kier alpha value is -3.07. The van der Waals surface area contributed by atoms with E-state index >= 15 is 0 Å². The summed E-state index contributed by atoms with van der Waals surface area (Å²) >= 11 is 0. The van der Waals surface area contributed by atoms with Gasteiger partial charge in [-0.3, -0.25) is 19.3 Å². The lowest BCUT2D eigenvalue weighted by Gasteiger charge is -2.62. The van der Waals surface area contributed by atoms with E-state index in [4.69, 9.17) is 5.73 Å². The van der Waals surface area contributed by atoms with Gasteiger partial charge in [0.15, 0.2) is 0 Å². The molecule has 0 aromatic carbocycles. The fraction of sp³-hybridized carbons (Fsp3) is 0.520. The molecule has 6 rings (SSSR count). The summed E-state index contributed by atoms with van der Waals surface area (Å²) in [6, 6.07) is 2.62. The van der Waals surface area contributed by atoms with Gasteiger partial charge in [0.05, 0.1) is 34.3 Å². The zero-order chi connectivity index (χ0) is 24.6. The van der Waals surface area contributed by atoms with Crippen LogP contribution in [0.25, 0.3) is 0 Å². The number of pyridine rings is 1. The molecule has 4 aliphatic rings. The summed E-state index contributed by atoms with van der Waals surface area (Å²) in [5.41, 5.74) is 5.38. The number of aliphatic hydroxyl groups is 1. The van der Waals surface area contributed by atoms with Crippen LogP contribution in [0.4, 0.5) is 10.1 Å². The first-order valence-electron chi connectivity index (χ1n) is 11.6. The Labute approximate surface area is 196 Å². The normalized spacial score (nSPS) is 29.3. The van der Waals surface area contributed by atoms with E-state index in [1.54, 1.807) is 20.9 Å². The highest BCUT2D eigenvalue weighted by molar-refractivity contribution is 6.47. The molecule has 2 atom stereocenters. The molecule has 2 unspecified atom stereocenters. The number of nitrogens with two attached hydrogens (primary N) is 1. The van der Waals surface area contributed by atoms with Crippen LogP contribution in [-0.4, -0.2) is 43.4 Å². The Bertz CT molecular complexity index is 1200. The van der Waals surface area contributed by atoms with Crippen molar-refractivity contribution in [2.45, 2.75) is 63.5 Å². The molecule has 0 spiro atoms. The van der Waals surface area contributed by atoms with Crippen LogP contribution in [0.3, 0.4) is 0 Å². The summed E-state index contributed by atoms with van der Waals surface area (Å²) in [5.74, 6) is -2.40. The van der Waals surface area contributed by atoms with E-state index in [1.807, 2.05) is 0 Å². The lowest BCUT2D eigenvalue weighted by atomic mass is 9.50. The van der Waals surface area contributed by atoms with Crippen molar-refractivity contribution in [1.82, 2.24) is 9.55 Å². The van der Waals surface area contributed by atoms with Crippen LogP contribution in [0.15, 0.2) is 18.3 Å². The minimum atomic E-state index is -0.879. The number of rotatable bonds is 5. The zero-order valence-corrected chi connectivity index (χ0v) is 19.6. The Morgan fingerprint density at radius 1 is 1.18 bits per heavy atom. The van der Waals surface area contributed by atoms with Gasteiger partial charge in [0.2, 0.25) is 5.95 Å². The summed E-state index contributed by atoms with van der Waals surface area (Å²) in [7, 11) is 1.62. The Kier molecular flexibility index (Phi) is 4.99. The molecule has 3 N–H and O–H groups in total. The third kappa shape index (κ3) is 3.28. The number of nitrogens with zero attached hydrogens (tertiary/aromatic N) is 3. The number of halogens is 1. The maximum Gasteiger partial charge on any atom is 0.301 e.